The minimum Gasteiger partial charge on any atom is -0.368 e. The van der Waals surface area contributed by atoms with E-state index >= 15 is 0 Å². The molecule has 3 aromatic rings. The Morgan fingerprint density at radius 3 is 2.41 bits per heavy atom. The van der Waals surface area contributed by atoms with E-state index in [1.165, 1.54) is 5.01 Å². The molecule has 1 aromatic heterocycles. The molecule has 1 unspecified atom stereocenters. The summed E-state index contributed by atoms with van der Waals surface area (Å²) >= 11 is 0. The number of amides is 2. The number of para-hydroxylation sites is 1. The molecule has 1 aliphatic heterocycles. The number of carbonyl (C=O) groups is 2. The summed E-state index contributed by atoms with van der Waals surface area (Å²) in [5.74, 6) is -0.794. The molecule has 0 radical (unpaired) electrons. The number of benzene rings is 2. The Morgan fingerprint density at radius 2 is 1.78 bits per heavy atom. The molecule has 0 bridgehead atoms. The maximum Gasteiger partial charge on any atom is 0.267 e. The van der Waals surface area contributed by atoms with Gasteiger partial charge in [-0.25, -0.2) is 4.68 Å². The highest BCUT2D eigenvalue weighted by Gasteiger charge is 2.34. The fourth-order valence-electron chi connectivity index (χ4n) is 3.80. The van der Waals surface area contributed by atoms with Crippen LogP contribution in [0.3, 0.4) is 0 Å². The van der Waals surface area contributed by atoms with E-state index < -0.39 is 11.9 Å². The van der Waals surface area contributed by atoms with E-state index in [-0.39, 0.29) is 12.3 Å². The second-order valence-corrected chi connectivity index (χ2v) is 7.86. The highest BCUT2D eigenvalue weighted by atomic mass is 16.2. The first-order valence-electron chi connectivity index (χ1n) is 10.5. The monoisotopic (exact) mass is 430 g/mol. The quantitative estimate of drug-likeness (QED) is 0.600. The summed E-state index contributed by atoms with van der Waals surface area (Å²) in [5, 5.41) is 13.3. The van der Waals surface area contributed by atoms with Crippen LogP contribution >= 0.6 is 0 Å². The molecule has 2 aromatic carbocycles. The topological polar surface area (TPSA) is 106 Å². The number of hydrogen-bond acceptors (Lipinski definition) is 5. The van der Waals surface area contributed by atoms with Gasteiger partial charge in [0.15, 0.2) is 0 Å². The largest absolute Gasteiger partial charge is 0.368 e. The fourth-order valence-corrected chi connectivity index (χ4v) is 3.80. The maximum atomic E-state index is 12.6. The van der Waals surface area contributed by atoms with Gasteiger partial charge in [0, 0.05) is 18.7 Å². The number of hydrazone groups is 1. The zero-order valence-electron chi connectivity index (χ0n) is 18.2. The normalized spacial score (nSPS) is 15.5. The van der Waals surface area contributed by atoms with Crippen molar-refractivity contribution in [1.82, 2.24) is 15.1 Å². The zero-order chi connectivity index (χ0) is 22.7. The highest BCUT2D eigenvalue weighted by molar-refractivity contribution is 6.40. The van der Waals surface area contributed by atoms with Crippen molar-refractivity contribution < 1.29 is 9.59 Å². The predicted octanol–water partition coefficient (Wildman–Crippen LogP) is 2.27. The number of aromatic nitrogens is 2. The lowest BCUT2D eigenvalue weighted by atomic mass is 10.1. The van der Waals surface area contributed by atoms with Crippen molar-refractivity contribution in [3.63, 3.8) is 0 Å². The molecule has 8 nitrogen and oxygen atoms in total. The molecule has 4 rings (SSSR count). The number of hydrogen-bond donors (Lipinski definition) is 2. The predicted molar refractivity (Wildman–Crippen MR) is 124 cm³/mol. The third kappa shape index (κ3) is 4.54. The van der Waals surface area contributed by atoms with E-state index in [2.05, 4.69) is 15.5 Å². The van der Waals surface area contributed by atoms with Gasteiger partial charge in [0.1, 0.15) is 11.8 Å². The molecule has 1 atom stereocenters. The van der Waals surface area contributed by atoms with E-state index in [0.29, 0.717) is 18.7 Å². The number of anilines is 1. The van der Waals surface area contributed by atoms with Crippen molar-refractivity contribution in [1.29, 1.82) is 0 Å². The summed E-state index contributed by atoms with van der Waals surface area (Å²) in [6, 6.07) is 18.7. The number of carbonyl (C=O) groups excluding carboxylic acids is 2. The van der Waals surface area contributed by atoms with Gasteiger partial charge in [-0.1, -0.05) is 30.3 Å². The summed E-state index contributed by atoms with van der Waals surface area (Å²) in [5.41, 5.74) is 10.7. The van der Waals surface area contributed by atoms with Gasteiger partial charge in [-0.05, 0) is 56.2 Å². The smallest absolute Gasteiger partial charge is 0.267 e. The van der Waals surface area contributed by atoms with Gasteiger partial charge < -0.3 is 11.1 Å². The lowest BCUT2D eigenvalue weighted by Gasteiger charge is -2.20. The first-order valence-corrected chi connectivity index (χ1v) is 10.5. The van der Waals surface area contributed by atoms with Crippen molar-refractivity contribution in [3.8, 4) is 5.69 Å². The molecule has 0 saturated carbocycles. The number of nitrogens with zero attached hydrogens (tertiary/aromatic N) is 4. The summed E-state index contributed by atoms with van der Waals surface area (Å²) in [4.78, 5) is 24.5. The molecule has 0 aliphatic carbocycles. The molecular weight excluding hydrogens is 404 g/mol. The van der Waals surface area contributed by atoms with Crippen LogP contribution in [0.5, 0.6) is 0 Å². The summed E-state index contributed by atoms with van der Waals surface area (Å²) in [7, 11) is 0. The molecule has 3 N–H and O–H groups in total. The van der Waals surface area contributed by atoms with Gasteiger partial charge in [0.2, 0.25) is 5.91 Å². The number of nitrogens with two attached hydrogens (primary N) is 1. The Balaban J connectivity index is 1.35. The number of rotatable bonds is 7. The second kappa shape index (κ2) is 9.05. The average molecular weight is 431 g/mol. The number of nitrogens with one attached hydrogen (secondary N) is 1. The van der Waals surface area contributed by atoms with Crippen LogP contribution in [0.2, 0.25) is 0 Å². The molecule has 32 heavy (non-hydrogen) atoms. The van der Waals surface area contributed by atoms with Crippen molar-refractivity contribution in [2.75, 3.05) is 11.6 Å². The first kappa shape index (κ1) is 21.3. The summed E-state index contributed by atoms with van der Waals surface area (Å²) < 4.78 is 1.91. The minimum absolute atomic E-state index is 0.188. The molecule has 164 valence electrons. The van der Waals surface area contributed by atoms with Crippen molar-refractivity contribution in [3.05, 3.63) is 77.6 Å². The minimum atomic E-state index is -0.667. The third-order valence-corrected chi connectivity index (χ3v) is 5.41. The Morgan fingerprint density at radius 1 is 1.06 bits per heavy atom. The van der Waals surface area contributed by atoms with Crippen LogP contribution in [0.25, 0.3) is 5.69 Å². The molecule has 0 fully saturated rings. The van der Waals surface area contributed by atoms with Crippen LogP contribution < -0.4 is 16.1 Å². The molecule has 2 heterocycles. The Hall–Kier alpha value is -3.94. The van der Waals surface area contributed by atoms with Crippen molar-refractivity contribution >= 4 is 23.2 Å². The molecule has 0 spiro atoms. The summed E-state index contributed by atoms with van der Waals surface area (Å²) in [6.45, 7) is 4.46. The van der Waals surface area contributed by atoms with Gasteiger partial charge in [-0.15, -0.1) is 0 Å². The lowest BCUT2D eigenvalue weighted by Crippen LogP contribution is -2.40. The molecule has 8 heteroatoms. The van der Waals surface area contributed by atoms with Crippen LogP contribution in [-0.2, 0) is 16.0 Å². The molecule has 0 saturated heterocycles. The standard InChI is InChI=1S/C24H26N6O2/c1-16-14-17(2)29(27-16)20-10-8-18(9-11-20)12-13-26-24(32)21-15-22(23(25)31)30(28-21)19-6-4-3-5-7-19/h3-11,14,22H,12-13,15H2,1-2H3,(H2,25,31)(H,26,32). The SMILES string of the molecule is Cc1cc(C)n(-c2ccc(CCNC(=O)C3=NN(c4ccccc4)C(C(N)=O)C3)cc2)n1. The van der Waals surface area contributed by atoms with Crippen LogP contribution in [0.1, 0.15) is 23.4 Å². The Kier molecular flexibility index (Phi) is 6.02. The van der Waals surface area contributed by atoms with Crippen molar-refractivity contribution in [2.45, 2.75) is 32.7 Å². The van der Waals surface area contributed by atoms with Gasteiger partial charge >= 0.3 is 0 Å². The zero-order valence-corrected chi connectivity index (χ0v) is 18.2. The number of aryl methyl sites for hydroxylation is 2. The Bertz CT molecular complexity index is 1150. The van der Waals surface area contributed by atoms with Gasteiger partial charge in [-0.2, -0.15) is 10.2 Å². The van der Waals surface area contributed by atoms with Crippen LogP contribution in [-0.4, -0.2) is 39.9 Å². The van der Waals surface area contributed by atoms with Gasteiger partial charge in [0.25, 0.3) is 5.91 Å². The lowest BCUT2D eigenvalue weighted by molar-refractivity contribution is -0.119. The Labute approximate surface area is 186 Å². The molecule has 1 aliphatic rings. The molecular formula is C24H26N6O2. The van der Waals surface area contributed by atoms with Gasteiger partial charge in [0.05, 0.1) is 17.1 Å². The van der Waals surface area contributed by atoms with E-state index in [1.54, 1.807) is 0 Å². The highest BCUT2D eigenvalue weighted by Crippen LogP contribution is 2.24. The second-order valence-electron chi connectivity index (χ2n) is 7.86. The maximum absolute atomic E-state index is 12.6. The first-order chi connectivity index (χ1) is 15.4. The average Bonchev–Trinajstić information content (AvgIpc) is 3.38. The van der Waals surface area contributed by atoms with Crippen LogP contribution in [0, 0.1) is 13.8 Å². The van der Waals surface area contributed by atoms with Gasteiger partial charge in [-0.3, -0.25) is 14.6 Å². The van der Waals surface area contributed by atoms with Crippen LogP contribution in [0.4, 0.5) is 5.69 Å². The van der Waals surface area contributed by atoms with Crippen LogP contribution in [0.15, 0.2) is 65.8 Å². The number of primary amides is 1. The van der Waals surface area contributed by atoms with E-state index in [0.717, 1.165) is 28.3 Å². The van der Waals surface area contributed by atoms with E-state index in [4.69, 9.17) is 5.73 Å². The van der Waals surface area contributed by atoms with Crippen molar-refractivity contribution in [2.24, 2.45) is 10.8 Å². The fraction of sp³-hybridized carbons (Fsp3) is 0.250. The summed E-state index contributed by atoms with van der Waals surface area (Å²) in [6.07, 6.45) is 0.867. The molecule has 2 amide bonds. The third-order valence-electron chi connectivity index (χ3n) is 5.41. The van der Waals surface area contributed by atoms with E-state index in [1.807, 2.05) is 79.2 Å². The van der Waals surface area contributed by atoms with E-state index in [9.17, 15) is 9.59 Å².